The summed E-state index contributed by atoms with van der Waals surface area (Å²) in [6.07, 6.45) is 0. The minimum Gasteiger partial charge on any atom is -0.493 e. The molecule has 1 saturated heterocycles. The molecule has 0 spiro atoms. The molecular formula is C16H26N2O3. The summed E-state index contributed by atoms with van der Waals surface area (Å²) in [6.45, 7) is 7.31. The normalized spacial score (nSPS) is 17.5. The lowest BCUT2D eigenvalue weighted by Crippen LogP contribution is -2.38. The van der Waals surface area contributed by atoms with Gasteiger partial charge in [0.15, 0.2) is 11.5 Å². The maximum absolute atomic E-state index is 5.87. The zero-order chi connectivity index (χ0) is 15.1. The van der Waals surface area contributed by atoms with Crippen LogP contribution in [-0.4, -0.2) is 58.5 Å². The molecule has 0 bridgehead atoms. The van der Waals surface area contributed by atoms with Crippen LogP contribution in [0.1, 0.15) is 18.5 Å². The van der Waals surface area contributed by atoms with Crippen molar-refractivity contribution >= 4 is 0 Å². The van der Waals surface area contributed by atoms with Crippen LogP contribution in [0.4, 0.5) is 0 Å². The Morgan fingerprint density at radius 3 is 2.71 bits per heavy atom. The lowest BCUT2D eigenvalue weighted by molar-refractivity contribution is 0.0321. The molecule has 1 unspecified atom stereocenters. The van der Waals surface area contributed by atoms with Gasteiger partial charge in [0.1, 0.15) is 6.61 Å². The molecule has 1 N–H and O–H groups in total. The quantitative estimate of drug-likeness (QED) is 0.829. The van der Waals surface area contributed by atoms with Crippen molar-refractivity contribution in [3.63, 3.8) is 0 Å². The first-order valence-corrected chi connectivity index (χ1v) is 7.52. The van der Waals surface area contributed by atoms with E-state index in [4.69, 9.17) is 14.2 Å². The Hall–Kier alpha value is -1.30. The van der Waals surface area contributed by atoms with Crippen molar-refractivity contribution < 1.29 is 14.2 Å². The minimum atomic E-state index is 0.293. The molecule has 5 heteroatoms. The van der Waals surface area contributed by atoms with Gasteiger partial charge in [0.25, 0.3) is 0 Å². The average Bonchev–Trinajstić information content (AvgIpc) is 2.55. The molecule has 0 saturated carbocycles. The van der Waals surface area contributed by atoms with Gasteiger partial charge in [0.2, 0.25) is 0 Å². The van der Waals surface area contributed by atoms with E-state index < -0.39 is 0 Å². The minimum absolute atomic E-state index is 0.293. The molecule has 0 amide bonds. The second-order valence-corrected chi connectivity index (χ2v) is 5.22. The summed E-state index contributed by atoms with van der Waals surface area (Å²) >= 11 is 0. The number of rotatable bonds is 7. The number of nitrogens with one attached hydrogen (secondary N) is 1. The van der Waals surface area contributed by atoms with E-state index in [0.29, 0.717) is 12.6 Å². The number of hydrogen-bond acceptors (Lipinski definition) is 5. The van der Waals surface area contributed by atoms with Crippen LogP contribution in [0, 0.1) is 0 Å². The van der Waals surface area contributed by atoms with Crippen LogP contribution < -0.4 is 14.8 Å². The Morgan fingerprint density at radius 2 is 2.05 bits per heavy atom. The SMILES string of the molecule is CNC(C)c1ccc(OCCN2CCOCC2)c(OC)c1. The molecular weight excluding hydrogens is 268 g/mol. The first-order valence-electron chi connectivity index (χ1n) is 7.52. The Balaban J connectivity index is 1.89. The predicted octanol–water partition coefficient (Wildman–Crippen LogP) is 1.69. The van der Waals surface area contributed by atoms with Crippen LogP contribution in [0.25, 0.3) is 0 Å². The zero-order valence-corrected chi connectivity index (χ0v) is 13.2. The lowest BCUT2D eigenvalue weighted by Gasteiger charge is -2.26. The molecule has 2 rings (SSSR count). The molecule has 1 heterocycles. The van der Waals surface area contributed by atoms with Gasteiger partial charge in [-0.05, 0) is 31.7 Å². The average molecular weight is 294 g/mol. The Bertz CT molecular complexity index is 434. The van der Waals surface area contributed by atoms with Crippen LogP contribution in [0.5, 0.6) is 11.5 Å². The summed E-state index contributed by atoms with van der Waals surface area (Å²) in [5.74, 6) is 1.59. The number of benzene rings is 1. The maximum Gasteiger partial charge on any atom is 0.161 e. The van der Waals surface area contributed by atoms with E-state index in [2.05, 4.69) is 23.2 Å². The standard InChI is InChI=1S/C16H26N2O3/c1-13(17-2)14-4-5-15(16(12-14)19-3)21-11-8-18-6-9-20-10-7-18/h4-5,12-13,17H,6-11H2,1-3H3. The molecule has 1 aromatic rings. The van der Waals surface area contributed by atoms with E-state index in [0.717, 1.165) is 44.3 Å². The Kier molecular flexibility index (Phi) is 6.29. The van der Waals surface area contributed by atoms with Gasteiger partial charge in [-0.2, -0.15) is 0 Å². The van der Waals surface area contributed by atoms with Gasteiger partial charge in [0, 0.05) is 25.7 Å². The van der Waals surface area contributed by atoms with Gasteiger partial charge in [0.05, 0.1) is 20.3 Å². The monoisotopic (exact) mass is 294 g/mol. The van der Waals surface area contributed by atoms with Gasteiger partial charge in [-0.1, -0.05) is 6.07 Å². The van der Waals surface area contributed by atoms with Crippen LogP contribution in [0.3, 0.4) is 0 Å². The number of morpholine rings is 1. The summed E-state index contributed by atoms with van der Waals surface area (Å²) in [4.78, 5) is 2.35. The van der Waals surface area contributed by atoms with Crippen molar-refractivity contribution in [1.82, 2.24) is 10.2 Å². The summed E-state index contributed by atoms with van der Waals surface area (Å²) in [5.41, 5.74) is 1.19. The molecule has 118 valence electrons. The smallest absolute Gasteiger partial charge is 0.161 e. The summed E-state index contributed by atoms with van der Waals surface area (Å²) in [7, 11) is 3.63. The van der Waals surface area contributed by atoms with Crippen LogP contribution in [-0.2, 0) is 4.74 Å². The van der Waals surface area contributed by atoms with E-state index in [1.54, 1.807) is 7.11 Å². The molecule has 21 heavy (non-hydrogen) atoms. The first-order chi connectivity index (χ1) is 10.2. The fourth-order valence-electron chi connectivity index (χ4n) is 2.35. The second kappa shape index (κ2) is 8.22. The van der Waals surface area contributed by atoms with E-state index in [9.17, 15) is 0 Å². The molecule has 0 aromatic heterocycles. The van der Waals surface area contributed by atoms with Gasteiger partial charge >= 0.3 is 0 Å². The second-order valence-electron chi connectivity index (χ2n) is 5.22. The number of nitrogens with zero attached hydrogens (tertiary/aromatic N) is 1. The van der Waals surface area contributed by atoms with E-state index in [1.165, 1.54) is 5.56 Å². The molecule has 1 aromatic carbocycles. The third-order valence-corrected chi connectivity index (χ3v) is 3.89. The third-order valence-electron chi connectivity index (χ3n) is 3.89. The zero-order valence-electron chi connectivity index (χ0n) is 13.2. The lowest BCUT2D eigenvalue weighted by atomic mass is 10.1. The molecule has 5 nitrogen and oxygen atoms in total. The highest BCUT2D eigenvalue weighted by molar-refractivity contribution is 5.43. The van der Waals surface area contributed by atoms with Gasteiger partial charge in [-0.25, -0.2) is 0 Å². The Labute approximate surface area is 127 Å². The number of methoxy groups -OCH3 is 1. The predicted molar refractivity (Wildman–Crippen MR) is 83.2 cm³/mol. The number of hydrogen-bond donors (Lipinski definition) is 1. The molecule has 1 aliphatic heterocycles. The van der Waals surface area contributed by atoms with Crippen molar-refractivity contribution in [2.75, 3.05) is 53.6 Å². The fraction of sp³-hybridized carbons (Fsp3) is 0.625. The van der Waals surface area contributed by atoms with Crippen molar-refractivity contribution in [3.05, 3.63) is 23.8 Å². The van der Waals surface area contributed by atoms with Crippen LogP contribution in [0.15, 0.2) is 18.2 Å². The molecule has 0 aliphatic carbocycles. The molecule has 1 aliphatic rings. The molecule has 1 atom stereocenters. The van der Waals surface area contributed by atoms with E-state index in [-0.39, 0.29) is 0 Å². The van der Waals surface area contributed by atoms with E-state index >= 15 is 0 Å². The maximum atomic E-state index is 5.87. The largest absolute Gasteiger partial charge is 0.493 e. The first kappa shape index (κ1) is 16.1. The molecule has 0 radical (unpaired) electrons. The highest BCUT2D eigenvalue weighted by Crippen LogP contribution is 2.30. The summed E-state index contributed by atoms with van der Waals surface area (Å²) in [5, 5.41) is 3.22. The fourth-order valence-corrected chi connectivity index (χ4v) is 2.35. The number of ether oxygens (including phenoxy) is 3. The van der Waals surface area contributed by atoms with Gasteiger partial charge in [-0.15, -0.1) is 0 Å². The summed E-state index contributed by atoms with van der Waals surface area (Å²) < 4.78 is 16.6. The highest BCUT2D eigenvalue weighted by Gasteiger charge is 2.12. The van der Waals surface area contributed by atoms with Gasteiger partial charge < -0.3 is 19.5 Å². The van der Waals surface area contributed by atoms with Crippen LogP contribution in [0.2, 0.25) is 0 Å². The molecule has 1 fully saturated rings. The van der Waals surface area contributed by atoms with Crippen molar-refractivity contribution in [2.45, 2.75) is 13.0 Å². The van der Waals surface area contributed by atoms with Crippen molar-refractivity contribution in [2.24, 2.45) is 0 Å². The van der Waals surface area contributed by atoms with Crippen LogP contribution >= 0.6 is 0 Å². The Morgan fingerprint density at radius 1 is 1.29 bits per heavy atom. The topological polar surface area (TPSA) is 43.0 Å². The van der Waals surface area contributed by atoms with Crippen molar-refractivity contribution in [3.8, 4) is 11.5 Å². The third kappa shape index (κ3) is 4.59. The van der Waals surface area contributed by atoms with E-state index in [1.807, 2.05) is 19.2 Å². The highest BCUT2D eigenvalue weighted by atomic mass is 16.5. The van der Waals surface area contributed by atoms with Gasteiger partial charge in [-0.3, -0.25) is 4.90 Å². The van der Waals surface area contributed by atoms with Crippen molar-refractivity contribution in [1.29, 1.82) is 0 Å². The summed E-state index contributed by atoms with van der Waals surface area (Å²) in [6, 6.07) is 6.39.